The summed E-state index contributed by atoms with van der Waals surface area (Å²) in [6.45, 7) is 0. The molecule has 0 radical (unpaired) electrons. The number of thioether (sulfide) groups is 1. The molecule has 0 fully saturated rings. The molecule has 0 N–H and O–H groups in total. The maximum Gasteiger partial charge on any atom is 0.272 e. The van der Waals surface area contributed by atoms with Gasteiger partial charge in [0.1, 0.15) is 5.75 Å². The number of hydrogen-bond acceptors (Lipinski definition) is 5. The molecule has 0 atom stereocenters. The summed E-state index contributed by atoms with van der Waals surface area (Å²) in [5, 5.41) is 1.91. The van der Waals surface area contributed by atoms with Gasteiger partial charge in [0.05, 0.1) is 23.3 Å². The lowest BCUT2D eigenvalue weighted by atomic mass is 10.2. The minimum Gasteiger partial charge on any atom is -0.497 e. The highest BCUT2D eigenvalue weighted by molar-refractivity contribution is 8.03. The fraction of sp³-hybridized carbons (Fsp3) is 0.0909. The second-order valence-electron chi connectivity index (χ2n) is 6.10. The summed E-state index contributed by atoms with van der Waals surface area (Å²) >= 11 is 2.87. The third kappa shape index (κ3) is 3.48. The Morgan fingerprint density at radius 3 is 2.32 bits per heavy atom. The predicted molar refractivity (Wildman–Crippen MR) is 114 cm³/mol. The molecule has 0 saturated heterocycles. The average Bonchev–Trinajstić information content (AvgIpc) is 3.34. The molecule has 4 nitrogen and oxygen atoms in total. The van der Waals surface area contributed by atoms with Crippen LogP contribution in [0.5, 0.6) is 5.75 Å². The molecule has 0 spiro atoms. The number of ether oxygens (including phenoxy) is 1. The minimum absolute atomic E-state index is 0.278. The number of imide groups is 1. The van der Waals surface area contributed by atoms with Gasteiger partial charge < -0.3 is 4.74 Å². The first-order chi connectivity index (χ1) is 13.7. The van der Waals surface area contributed by atoms with E-state index >= 15 is 0 Å². The van der Waals surface area contributed by atoms with Crippen molar-refractivity contribution in [1.29, 1.82) is 0 Å². The largest absolute Gasteiger partial charge is 0.497 e. The molecular weight excluding hydrogens is 390 g/mol. The number of nitrogens with zero attached hydrogens (tertiary/aromatic N) is 1. The molecule has 1 aliphatic heterocycles. The van der Waals surface area contributed by atoms with Gasteiger partial charge in [-0.3, -0.25) is 9.59 Å². The van der Waals surface area contributed by atoms with E-state index in [2.05, 4.69) is 0 Å². The third-order valence-electron chi connectivity index (χ3n) is 4.37. The Balaban J connectivity index is 1.69. The van der Waals surface area contributed by atoms with Crippen molar-refractivity contribution < 1.29 is 14.3 Å². The highest BCUT2D eigenvalue weighted by Gasteiger charge is 2.40. The van der Waals surface area contributed by atoms with Gasteiger partial charge in [0.15, 0.2) is 0 Å². The number of carbonyl (C=O) groups is 2. The van der Waals surface area contributed by atoms with Crippen molar-refractivity contribution in [1.82, 2.24) is 0 Å². The van der Waals surface area contributed by atoms with Crippen molar-refractivity contribution in [2.24, 2.45) is 0 Å². The van der Waals surface area contributed by atoms with Crippen LogP contribution in [0, 0.1) is 0 Å². The SMILES string of the molecule is COc1ccc(N2C(=O)C(SCc3ccccc3)=C(c3cccs3)C2=O)cc1. The van der Waals surface area contributed by atoms with Crippen molar-refractivity contribution in [3.05, 3.63) is 87.5 Å². The molecule has 3 aromatic rings. The summed E-state index contributed by atoms with van der Waals surface area (Å²) in [5.74, 6) is 0.737. The Kier molecular flexibility index (Phi) is 5.32. The van der Waals surface area contributed by atoms with Crippen LogP contribution in [0.2, 0.25) is 0 Å². The number of thiophene rings is 1. The lowest BCUT2D eigenvalue weighted by Crippen LogP contribution is -2.31. The lowest BCUT2D eigenvalue weighted by Gasteiger charge is -2.15. The van der Waals surface area contributed by atoms with E-state index in [-0.39, 0.29) is 11.8 Å². The molecule has 4 rings (SSSR count). The zero-order chi connectivity index (χ0) is 19.5. The number of amides is 2. The molecule has 0 unspecified atom stereocenters. The van der Waals surface area contributed by atoms with E-state index in [0.717, 1.165) is 10.4 Å². The van der Waals surface area contributed by atoms with Crippen LogP contribution in [0.1, 0.15) is 10.4 Å². The molecule has 140 valence electrons. The van der Waals surface area contributed by atoms with E-state index < -0.39 is 0 Å². The molecule has 2 amide bonds. The van der Waals surface area contributed by atoms with Gasteiger partial charge in [-0.25, -0.2) is 4.90 Å². The van der Waals surface area contributed by atoms with Gasteiger partial charge in [-0.1, -0.05) is 36.4 Å². The van der Waals surface area contributed by atoms with Crippen molar-refractivity contribution in [2.75, 3.05) is 12.0 Å². The Hall–Kier alpha value is -2.83. The Morgan fingerprint density at radius 2 is 1.68 bits per heavy atom. The summed E-state index contributed by atoms with van der Waals surface area (Å²) in [4.78, 5) is 29.0. The van der Waals surface area contributed by atoms with Crippen LogP contribution in [-0.4, -0.2) is 18.9 Å². The first kappa shape index (κ1) is 18.5. The zero-order valence-corrected chi connectivity index (χ0v) is 16.8. The summed E-state index contributed by atoms with van der Waals surface area (Å²) in [5.41, 5.74) is 2.13. The Bertz CT molecular complexity index is 1030. The molecule has 1 aliphatic rings. The minimum atomic E-state index is -0.284. The van der Waals surface area contributed by atoms with E-state index in [1.165, 1.54) is 28.0 Å². The van der Waals surface area contributed by atoms with Crippen molar-refractivity contribution >= 4 is 46.2 Å². The summed E-state index contributed by atoms with van der Waals surface area (Å²) in [6, 6.07) is 20.6. The molecule has 1 aromatic heterocycles. The quantitative estimate of drug-likeness (QED) is 0.541. The van der Waals surface area contributed by atoms with E-state index in [1.54, 1.807) is 31.4 Å². The maximum absolute atomic E-state index is 13.2. The van der Waals surface area contributed by atoms with Crippen LogP contribution in [-0.2, 0) is 15.3 Å². The van der Waals surface area contributed by atoms with Gasteiger partial charge >= 0.3 is 0 Å². The number of benzene rings is 2. The molecule has 0 aliphatic carbocycles. The van der Waals surface area contributed by atoms with Gasteiger partial charge in [-0.2, -0.15) is 0 Å². The van der Waals surface area contributed by atoms with Crippen LogP contribution >= 0.6 is 23.1 Å². The zero-order valence-electron chi connectivity index (χ0n) is 15.1. The number of anilines is 1. The number of rotatable bonds is 6. The molecule has 2 aromatic carbocycles. The average molecular weight is 408 g/mol. The van der Waals surface area contributed by atoms with Gasteiger partial charge in [0.25, 0.3) is 11.8 Å². The van der Waals surface area contributed by atoms with Crippen LogP contribution < -0.4 is 9.64 Å². The fourth-order valence-electron chi connectivity index (χ4n) is 2.98. The monoisotopic (exact) mass is 407 g/mol. The van der Waals surface area contributed by atoms with E-state index in [1.807, 2.05) is 47.8 Å². The summed E-state index contributed by atoms with van der Waals surface area (Å²) in [7, 11) is 1.58. The van der Waals surface area contributed by atoms with Gasteiger partial charge in [0.2, 0.25) is 0 Å². The van der Waals surface area contributed by atoms with Crippen LogP contribution in [0.4, 0.5) is 5.69 Å². The maximum atomic E-state index is 13.2. The first-order valence-electron chi connectivity index (χ1n) is 8.67. The van der Waals surface area contributed by atoms with Crippen LogP contribution in [0.15, 0.2) is 77.0 Å². The highest BCUT2D eigenvalue weighted by Crippen LogP contribution is 2.41. The van der Waals surface area contributed by atoms with E-state index in [9.17, 15) is 9.59 Å². The highest BCUT2D eigenvalue weighted by atomic mass is 32.2. The number of hydrogen-bond donors (Lipinski definition) is 0. The van der Waals surface area contributed by atoms with Gasteiger partial charge in [-0.15, -0.1) is 23.1 Å². The Morgan fingerprint density at radius 1 is 0.929 bits per heavy atom. The lowest BCUT2D eigenvalue weighted by molar-refractivity contribution is -0.119. The Labute approximate surface area is 171 Å². The second-order valence-corrected chi connectivity index (χ2v) is 8.03. The topological polar surface area (TPSA) is 46.6 Å². The molecule has 0 bridgehead atoms. The van der Waals surface area contributed by atoms with E-state index in [4.69, 9.17) is 4.74 Å². The smallest absolute Gasteiger partial charge is 0.272 e. The third-order valence-corrected chi connectivity index (χ3v) is 6.40. The van der Waals surface area contributed by atoms with Crippen molar-refractivity contribution in [3.8, 4) is 5.75 Å². The van der Waals surface area contributed by atoms with E-state index in [0.29, 0.717) is 27.7 Å². The number of carbonyl (C=O) groups excluding carboxylic acids is 2. The van der Waals surface area contributed by atoms with Gasteiger partial charge in [-0.05, 0) is 41.3 Å². The standard InChI is InChI=1S/C22H17NO3S2/c1-26-17-11-9-16(10-12-17)23-21(24)19(18-8-5-13-27-18)20(22(23)25)28-14-15-6-3-2-4-7-15/h2-13H,14H2,1H3. The predicted octanol–water partition coefficient (Wildman–Crippen LogP) is 4.97. The molecule has 2 heterocycles. The summed E-state index contributed by atoms with van der Waals surface area (Å²) in [6.07, 6.45) is 0. The van der Waals surface area contributed by atoms with Crippen LogP contribution in [0.25, 0.3) is 5.57 Å². The first-order valence-corrected chi connectivity index (χ1v) is 10.5. The fourth-order valence-corrected chi connectivity index (χ4v) is 4.87. The number of methoxy groups -OCH3 is 1. The summed E-state index contributed by atoms with van der Waals surface area (Å²) < 4.78 is 5.17. The van der Waals surface area contributed by atoms with Gasteiger partial charge in [0, 0.05) is 10.6 Å². The molecule has 28 heavy (non-hydrogen) atoms. The van der Waals surface area contributed by atoms with Crippen LogP contribution in [0.3, 0.4) is 0 Å². The molecule has 6 heteroatoms. The normalized spacial score (nSPS) is 14.1. The molecular formula is C22H17NO3S2. The van der Waals surface area contributed by atoms with Crippen molar-refractivity contribution in [3.63, 3.8) is 0 Å². The molecule has 0 saturated carbocycles. The van der Waals surface area contributed by atoms with Crippen molar-refractivity contribution in [2.45, 2.75) is 5.75 Å². The second kappa shape index (κ2) is 8.04.